The summed E-state index contributed by atoms with van der Waals surface area (Å²) >= 11 is 0. The van der Waals surface area contributed by atoms with Gasteiger partial charge in [0.15, 0.2) is 0 Å². The SMILES string of the molecule is C=C(OCCCC)c1cccc(OC)c1. The van der Waals surface area contributed by atoms with Crippen molar-refractivity contribution in [2.24, 2.45) is 0 Å². The predicted molar refractivity (Wildman–Crippen MR) is 62.9 cm³/mol. The van der Waals surface area contributed by atoms with Gasteiger partial charge in [-0.3, -0.25) is 0 Å². The van der Waals surface area contributed by atoms with Gasteiger partial charge in [-0.15, -0.1) is 0 Å². The summed E-state index contributed by atoms with van der Waals surface area (Å²) in [5, 5.41) is 0. The minimum atomic E-state index is 0.711. The molecule has 0 N–H and O–H groups in total. The third kappa shape index (κ3) is 3.66. The maximum atomic E-state index is 5.52. The van der Waals surface area contributed by atoms with E-state index in [0.29, 0.717) is 5.76 Å². The molecule has 15 heavy (non-hydrogen) atoms. The number of rotatable bonds is 6. The number of benzene rings is 1. The zero-order valence-corrected chi connectivity index (χ0v) is 9.45. The number of ether oxygens (including phenoxy) is 2. The number of hydrogen-bond donors (Lipinski definition) is 0. The number of hydrogen-bond acceptors (Lipinski definition) is 2. The fourth-order valence-electron chi connectivity index (χ4n) is 1.22. The van der Waals surface area contributed by atoms with E-state index in [1.165, 1.54) is 0 Å². The Morgan fingerprint density at radius 1 is 1.40 bits per heavy atom. The quantitative estimate of drug-likeness (QED) is 0.524. The summed E-state index contributed by atoms with van der Waals surface area (Å²) < 4.78 is 10.7. The van der Waals surface area contributed by atoms with Gasteiger partial charge in [-0.05, 0) is 18.6 Å². The van der Waals surface area contributed by atoms with E-state index in [9.17, 15) is 0 Å². The summed E-state index contributed by atoms with van der Waals surface area (Å²) in [5.74, 6) is 1.54. The van der Waals surface area contributed by atoms with Gasteiger partial charge in [0.1, 0.15) is 11.5 Å². The monoisotopic (exact) mass is 206 g/mol. The minimum absolute atomic E-state index is 0.711. The highest BCUT2D eigenvalue weighted by atomic mass is 16.5. The molecule has 82 valence electrons. The van der Waals surface area contributed by atoms with Crippen molar-refractivity contribution in [1.82, 2.24) is 0 Å². The van der Waals surface area contributed by atoms with Gasteiger partial charge in [0.2, 0.25) is 0 Å². The van der Waals surface area contributed by atoms with Crippen LogP contribution in [0, 0.1) is 0 Å². The lowest BCUT2D eigenvalue weighted by molar-refractivity contribution is 0.271. The molecule has 2 nitrogen and oxygen atoms in total. The molecule has 0 radical (unpaired) electrons. The van der Waals surface area contributed by atoms with E-state index in [0.717, 1.165) is 30.8 Å². The van der Waals surface area contributed by atoms with Crippen LogP contribution in [0.2, 0.25) is 0 Å². The van der Waals surface area contributed by atoms with Crippen molar-refractivity contribution in [3.63, 3.8) is 0 Å². The Morgan fingerprint density at radius 3 is 2.87 bits per heavy atom. The van der Waals surface area contributed by atoms with Crippen LogP contribution in [0.5, 0.6) is 5.75 Å². The van der Waals surface area contributed by atoms with Crippen LogP contribution in [-0.4, -0.2) is 13.7 Å². The molecule has 0 heterocycles. The van der Waals surface area contributed by atoms with Crippen molar-refractivity contribution >= 4 is 5.76 Å². The standard InChI is InChI=1S/C13H18O2/c1-4-5-9-15-11(2)12-7-6-8-13(10-12)14-3/h6-8,10H,2,4-5,9H2,1,3H3. The van der Waals surface area contributed by atoms with Gasteiger partial charge >= 0.3 is 0 Å². The molecule has 0 saturated heterocycles. The minimum Gasteiger partial charge on any atom is -0.497 e. The third-order valence-corrected chi connectivity index (χ3v) is 2.17. The first-order valence-electron chi connectivity index (χ1n) is 5.24. The van der Waals surface area contributed by atoms with Crippen LogP contribution in [0.25, 0.3) is 5.76 Å². The van der Waals surface area contributed by atoms with E-state index in [1.54, 1.807) is 7.11 Å². The van der Waals surface area contributed by atoms with Gasteiger partial charge in [0.25, 0.3) is 0 Å². The van der Waals surface area contributed by atoms with Gasteiger partial charge in [-0.1, -0.05) is 32.1 Å². The summed E-state index contributed by atoms with van der Waals surface area (Å²) in [4.78, 5) is 0. The van der Waals surface area contributed by atoms with Crippen LogP contribution >= 0.6 is 0 Å². The molecule has 2 heteroatoms. The Balaban J connectivity index is 2.57. The molecule has 0 unspecified atom stereocenters. The van der Waals surface area contributed by atoms with Gasteiger partial charge in [-0.2, -0.15) is 0 Å². The van der Waals surface area contributed by atoms with E-state index < -0.39 is 0 Å². The summed E-state index contributed by atoms with van der Waals surface area (Å²) in [6.45, 7) is 6.76. The van der Waals surface area contributed by atoms with Crippen molar-refractivity contribution in [1.29, 1.82) is 0 Å². The maximum absolute atomic E-state index is 5.52. The second kappa shape index (κ2) is 6.12. The van der Waals surface area contributed by atoms with Crippen LogP contribution in [0.15, 0.2) is 30.8 Å². The fraction of sp³-hybridized carbons (Fsp3) is 0.385. The van der Waals surface area contributed by atoms with Crippen molar-refractivity contribution in [2.45, 2.75) is 19.8 Å². The highest BCUT2D eigenvalue weighted by Crippen LogP contribution is 2.19. The Morgan fingerprint density at radius 2 is 2.20 bits per heavy atom. The first kappa shape index (κ1) is 11.6. The normalized spacial score (nSPS) is 9.73. The molecular formula is C13H18O2. The Bertz CT molecular complexity index is 318. The molecule has 0 aliphatic carbocycles. The second-order valence-corrected chi connectivity index (χ2v) is 3.36. The van der Waals surface area contributed by atoms with Crippen molar-refractivity contribution in [2.75, 3.05) is 13.7 Å². The van der Waals surface area contributed by atoms with Crippen LogP contribution < -0.4 is 4.74 Å². The zero-order chi connectivity index (χ0) is 11.1. The van der Waals surface area contributed by atoms with E-state index >= 15 is 0 Å². The molecular weight excluding hydrogens is 188 g/mol. The largest absolute Gasteiger partial charge is 0.497 e. The molecule has 1 aromatic rings. The van der Waals surface area contributed by atoms with Crippen LogP contribution in [0.3, 0.4) is 0 Å². The molecule has 0 aliphatic rings. The van der Waals surface area contributed by atoms with E-state index in [2.05, 4.69) is 13.5 Å². The molecule has 0 saturated carbocycles. The Hall–Kier alpha value is -1.44. The molecule has 0 fully saturated rings. The van der Waals surface area contributed by atoms with Crippen LogP contribution in [0.4, 0.5) is 0 Å². The predicted octanol–water partition coefficient (Wildman–Crippen LogP) is 3.48. The lowest BCUT2D eigenvalue weighted by Crippen LogP contribution is -1.94. The average molecular weight is 206 g/mol. The molecule has 1 rings (SSSR count). The molecule has 0 aliphatic heterocycles. The molecule has 0 aromatic heterocycles. The van der Waals surface area contributed by atoms with Crippen molar-refractivity contribution in [3.05, 3.63) is 36.4 Å². The topological polar surface area (TPSA) is 18.5 Å². The molecule has 0 spiro atoms. The van der Waals surface area contributed by atoms with Gasteiger partial charge < -0.3 is 9.47 Å². The highest BCUT2D eigenvalue weighted by Gasteiger charge is 2.00. The van der Waals surface area contributed by atoms with Crippen LogP contribution in [0.1, 0.15) is 25.3 Å². The lowest BCUT2D eigenvalue weighted by Gasteiger charge is -2.09. The van der Waals surface area contributed by atoms with E-state index in [4.69, 9.17) is 9.47 Å². The van der Waals surface area contributed by atoms with Gasteiger partial charge in [0, 0.05) is 5.56 Å². The summed E-state index contributed by atoms with van der Waals surface area (Å²) in [5.41, 5.74) is 0.977. The average Bonchev–Trinajstić information content (AvgIpc) is 2.29. The second-order valence-electron chi connectivity index (χ2n) is 3.36. The van der Waals surface area contributed by atoms with Gasteiger partial charge in [-0.25, -0.2) is 0 Å². The van der Waals surface area contributed by atoms with Crippen LogP contribution in [-0.2, 0) is 4.74 Å². The van der Waals surface area contributed by atoms with Crippen molar-refractivity contribution in [3.8, 4) is 5.75 Å². The first-order valence-corrected chi connectivity index (χ1v) is 5.24. The first-order chi connectivity index (χ1) is 7.27. The molecule has 0 amide bonds. The van der Waals surface area contributed by atoms with E-state index in [-0.39, 0.29) is 0 Å². The molecule has 0 atom stereocenters. The smallest absolute Gasteiger partial charge is 0.119 e. The van der Waals surface area contributed by atoms with Crippen molar-refractivity contribution < 1.29 is 9.47 Å². The molecule has 0 bridgehead atoms. The Kier molecular flexibility index (Phi) is 4.75. The highest BCUT2D eigenvalue weighted by molar-refractivity contribution is 5.58. The Labute approximate surface area is 91.5 Å². The number of methoxy groups -OCH3 is 1. The fourth-order valence-corrected chi connectivity index (χ4v) is 1.22. The third-order valence-electron chi connectivity index (χ3n) is 2.17. The summed E-state index contributed by atoms with van der Waals surface area (Å²) in [6.07, 6.45) is 2.19. The van der Waals surface area contributed by atoms with Gasteiger partial charge in [0.05, 0.1) is 13.7 Å². The lowest BCUT2D eigenvalue weighted by atomic mass is 10.2. The summed E-state index contributed by atoms with van der Waals surface area (Å²) in [7, 11) is 1.65. The molecule has 1 aromatic carbocycles. The van der Waals surface area contributed by atoms with E-state index in [1.807, 2.05) is 24.3 Å². The summed E-state index contributed by atoms with van der Waals surface area (Å²) in [6, 6.07) is 7.73. The zero-order valence-electron chi connectivity index (χ0n) is 9.45. The number of unbranched alkanes of at least 4 members (excludes halogenated alkanes) is 1. The maximum Gasteiger partial charge on any atom is 0.119 e.